The number of aliphatic carboxylic acids is 1. The van der Waals surface area contributed by atoms with Crippen LogP contribution in [0.1, 0.15) is 34.1 Å². The van der Waals surface area contributed by atoms with Gasteiger partial charge in [-0.3, -0.25) is 14.9 Å². The van der Waals surface area contributed by atoms with Gasteiger partial charge in [-0.25, -0.2) is 0 Å². The molecule has 0 spiro atoms. The van der Waals surface area contributed by atoms with E-state index in [1.165, 1.54) is 0 Å². The second-order valence-electron chi connectivity index (χ2n) is 5.10. The Bertz CT molecular complexity index is 252. The van der Waals surface area contributed by atoms with E-state index in [4.69, 9.17) is 5.11 Å². The van der Waals surface area contributed by atoms with Gasteiger partial charge in [0.2, 0.25) is 5.91 Å². The number of hydrogen-bond donors (Lipinski definition) is 3. The van der Waals surface area contributed by atoms with Crippen LogP contribution in [0.3, 0.4) is 0 Å². The van der Waals surface area contributed by atoms with Crippen LogP contribution in [-0.2, 0) is 9.59 Å². The maximum atomic E-state index is 11.4. The van der Waals surface area contributed by atoms with E-state index in [2.05, 4.69) is 10.6 Å². The second-order valence-corrected chi connectivity index (χ2v) is 5.10. The molecule has 1 amide bonds. The van der Waals surface area contributed by atoms with E-state index in [9.17, 15) is 9.59 Å². The third-order valence-electron chi connectivity index (χ3n) is 2.22. The molecule has 0 aromatic heterocycles. The highest BCUT2D eigenvalue weighted by atomic mass is 16.4. The van der Waals surface area contributed by atoms with Crippen molar-refractivity contribution in [3.63, 3.8) is 0 Å². The fourth-order valence-corrected chi connectivity index (χ4v) is 1.34. The zero-order valence-electron chi connectivity index (χ0n) is 11.1. The second kappa shape index (κ2) is 8.06. The average Bonchev–Trinajstić information content (AvgIpc) is 2.20. The van der Waals surface area contributed by atoms with Crippen molar-refractivity contribution in [3.8, 4) is 0 Å². The fraction of sp³-hybridized carbons (Fsp3) is 0.833. The van der Waals surface area contributed by atoms with Gasteiger partial charge in [-0.1, -0.05) is 27.7 Å². The van der Waals surface area contributed by atoms with Gasteiger partial charge in [0.1, 0.15) is 6.04 Å². The van der Waals surface area contributed by atoms with E-state index < -0.39 is 12.0 Å². The highest BCUT2D eigenvalue weighted by molar-refractivity contribution is 5.79. The molecule has 5 heteroatoms. The number of amides is 1. The van der Waals surface area contributed by atoms with Crippen LogP contribution in [0.2, 0.25) is 0 Å². The number of carboxylic acids is 1. The normalized spacial score (nSPS) is 12.8. The van der Waals surface area contributed by atoms with Gasteiger partial charge in [-0.2, -0.15) is 0 Å². The Hall–Kier alpha value is -1.10. The van der Waals surface area contributed by atoms with Crippen molar-refractivity contribution in [3.05, 3.63) is 0 Å². The summed E-state index contributed by atoms with van der Waals surface area (Å²) < 4.78 is 0. The maximum Gasteiger partial charge on any atom is 0.320 e. The van der Waals surface area contributed by atoms with Gasteiger partial charge in [0.15, 0.2) is 0 Å². The summed E-state index contributed by atoms with van der Waals surface area (Å²) in [5.74, 6) is -0.392. The minimum atomic E-state index is -0.907. The molecule has 0 saturated carbocycles. The first-order valence-electron chi connectivity index (χ1n) is 6.05. The predicted octanol–water partition coefficient (Wildman–Crippen LogP) is 0.847. The molecule has 0 aromatic carbocycles. The van der Waals surface area contributed by atoms with Gasteiger partial charge in [0.25, 0.3) is 0 Å². The highest BCUT2D eigenvalue weighted by Gasteiger charge is 2.18. The minimum absolute atomic E-state index is 0.0520. The zero-order valence-corrected chi connectivity index (χ0v) is 11.1. The Morgan fingerprint density at radius 1 is 1.12 bits per heavy atom. The zero-order chi connectivity index (χ0) is 13.4. The SMILES string of the molecule is CC(C)CNC(=O)CNC(CC(C)C)C(=O)O. The molecule has 100 valence electrons. The lowest BCUT2D eigenvalue weighted by Crippen LogP contribution is -2.44. The number of nitrogens with one attached hydrogen (secondary N) is 2. The summed E-state index contributed by atoms with van der Waals surface area (Å²) in [5.41, 5.74) is 0. The molecule has 0 radical (unpaired) electrons. The summed E-state index contributed by atoms with van der Waals surface area (Å²) in [6.45, 7) is 8.59. The van der Waals surface area contributed by atoms with Crippen LogP contribution >= 0.6 is 0 Å². The van der Waals surface area contributed by atoms with Crippen LogP contribution in [0.5, 0.6) is 0 Å². The van der Waals surface area contributed by atoms with Crippen LogP contribution in [0.25, 0.3) is 0 Å². The first-order valence-corrected chi connectivity index (χ1v) is 6.05. The van der Waals surface area contributed by atoms with Crippen molar-refractivity contribution in [2.75, 3.05) is 13.1 Å². The molecule has 1 atom stereocenters. The van der Waals surface area contributed by atoms with E-state index in [-0.39, 0.29) is 18.4 Å². The molecule has 0 fully saturated rings. The fourth-order valence-electron chi connectivity index (χ4n) is 1.34. The van der Waals surface area contributed by atoms with Crippen LogP contribution in [0.4, 0.5) is 0 Å². The summed E-state index contributed by atoms with van der Waals surface area (Å²) in [7, 11) is 0. The maximum absolute atomic E-state index is 11.4. The Balaban J connectivity index is 3.95. The third kappa shape index (κ3) is 8.68. The molecular formula is C12H24N2O3. The Kier molecular flexibility index (Phi) is 7.54. The van der Waals surface area contributed by atoms with Crippen LogP contribution in [0.15, 0.2) is 0 Å². The van der Waals surface area contributed by atoms with E-state index in [1.807, 2.05) is 27.7 Å². The molecule has 0 aromatic rings. The molecule has 5 nitrogen and oxygen atoms in total. The van der Waals surface area contributed by atoms with Gasteiger partial charge in [0, 0.05) is 6.54 Å². The lowest BCUT2D eigenvalue weighted by atomic mass is 10.0. The Morgan fingerprint density at radius 2 is 1.71 bits per heavy atom. The quantitative estimate of drug-likeness (QED) is 0.591. The van der Waals surface area contributed by atoms with E-state index in [0.717, 1.165) is 0 Å². The summed E-state index contributed by atoms with van der Waals surface area (Å²) >= 11 is 0. The number of carboxylic acid groups (broad SMARTS) is 1. The Labute approximate surface area is 103 Å². The lowest BCUT2D eigenvalue weighted by Gasteiger charge is -2.16. The lowest BCUT2D eigenvalue weighted by molar-refractivity contribution is -0.140. The van der Waals surface area contributed by atoms with E-state index in [1.54, 1.807) is 0 Å². The summed E-state index contributed by atoms with van der Waals surface area (Å²) in [6.07, 6.45) is 0.521. The molecule has 0 saturated heterocycles. The molecule has 0 aliphatic carbocycles. The van der Waals surface area contributed by atoms with Crippen LogP contribution < -0.4 is 10.6 Å². The molecule has 0 bridgehead atoms. The summed E-state index contributed by atoms with van der Waals surface area (Å²) in [5, 5.41) is 14.5. The van der Waals surface area contributed by atoms with Crippen molar-refractivity contribution in [1.82, 2.24) is 10.6 Å². The van der Waals surface area contributed by atoms with Crippen molar-refractivity contribution in [2.45, 2.75) is 40.2 Å². The first kappa shape index (κ1) is 15.9. The smallest absolute Gasteiger partial charge is 0.320 e. The van der Waals surface area contributed by atoms with Gasteiger partial charge in [0.05, 0.1) is 6.54 Å². The van der Waals surface area contributed by atoms with Gasteiger partial charge in [-0.05, 0) is 18.3 Å². The third-order valence-corrected chi connectivity index (χ3v) is 2.22. The molecule has 1 unspecified atom stereocenters. The van der Waals surface area contributed by atoms with Crippen molar-refractivity contribution >= 4 is 11.9 Å². The van der Waals surface area contributed by atoms with Crippen LogP contribution in [0, 0.1) is 11.8 Å². The van der Waals surface area contributed by atoms with Gasteiger partial charge >= 0.3 is 5.97 Å². The first-order chi connectivity index (χ1) is 7.82. The van der Waals surface area contributed by atoms with Crippen molar-refractivity contribution in [2.24, 2.45) is 11.8 Å². The molecule has 0 aliphatic rings. The number of hydrogen-bond acceptors (Lipinski definition) is 3. The largest absolute Gasteiger partial charge is 0.480 e. The Morgan fingerprint density at radius 3 is 2.12 bits per heavy atom. The monoisotopic (exact) mass is 244 g/mol. The molecule has 17 heavy (non-hydrogen) atoms. The van der Waals surface area contributed by atoms with Gasteiger partial charge in [-0.15, -0.1) is 0 Å². The van der Waals surface area contributed by atoms with E-state index in [0.29, 0.717) is 18.9 Å². The van der Waals surface area contributed by atoms with E-state index >= 15 is 0 Å². The van der Waals surface area contributed by atoms with Crippen molar-refractivity contribution < 1.29 is 14.7 Å². The summed E-state index contributed by atoms with van der Waals surface area (Å²) in [4.78, 5) is 22.3. The highest BCUT2D eigenvalue weighted by Crippen LogP contribution is 2.04. The average molecular weight is 244 g/mol. The minimum Gasteiger partial charge on any atom is -0.480 e. The van der Waals surface area contributed by atoms with Crippen LogP contribution in [-0.4, -0.2) is 36.1 Å². The number of rotatable bonds is 8. The molecule has 0 aliphatic heterocycles. The molecule has 0 rings (SSSR count). The van der Waals surface area contributed by atoms with Gasteiger partial charge < -0.3 is 10.4 Å². The predicted molar refractivity (Wildman–Crippen MR) is 66.7 cm³/mol. The topological polar surface area (TPSA) is 78.4 Å². The van der Waals surface area contributed by atoms with Crippen molar-refractivity contribution in [1.29, 1.82) is 0 Å². The summed E-state index contributed by atoms with van der Waals surface area (Å²) in [6, 6.07) is -0.653. The molecule has 0 heterocycles. The number of carbonyl (C=O) groups is 2. The molecular weight excluding hydrogens is 220 g/mol. The number of carbonyl (C=O) groups excluding carboxylic acids is 1. The molecule has 3 N–H and O–H groups in total. The standard InChI is InChI=1S/C12H24N2O3/c1-8(2)5-10(12(16)17)13-7-11(15)14-6-9(3)4/h8-10,13H,5-7H2,1-4H3,(H,14,15)(H,16,17).